The quantitative estimate of drug-likeness (QED) is 0.768. The molecule has 4 rings (SSSR count). The number of ether oxygens (including phenoxy) is 1. The second-order valence-electron chi connectivity index (χ2n) is 7.29. The van der Waals surface area contributed by atoms with Gasteiger partial charge in [-0.05, 0) is 37.7 Å². The highest BCUT2D eigenvalue weighted by atomic mass is 19.4. The van der Waals surface area contributed by atoms with Crippen LogP contribution in [0.1, 0.15) is 53.5 Å². The van der Waals surface area contributed by atoms with Gasteiger partial charge in [-0.2, -0.15) is 13.2 Å². The number of hydrogen-bond acceptors (Lipinski definition) is 5. The van der Waals surface area contributed by atoms with Crippen molar-refractivity contribution in [3.8, 4) is 5.88 Å². The minimum Gasteiger partial charge on any atom is -0.477 e. The van der Waals surface area contributed by atoms with E-state index in [2.05, 4.69) is 10.1 Å². The fourth-order valence-electron chi connectivity index (χ4n) is 3.27. The summed E-state index contributed by atoms with van der Waals surface area (Å²) in [4.78, 5) is 17.8. The Kier molecular flexibility index (Phi) is 4.99. The van der Waals surface area contributed by atoms with E-state index in [0.717, 1.165) is 24.7 Å². The number of alkyl halides is 3. The molecule has 1 aliphatic carbocycles. The highest BCUT2D eigenvalue weighted by Crippen LogP contribution is 2.40. The molecule has 2 aromatic rings. The molecule has 2 aliphatic rings. The zero-order valence-corrected chi connectivity index (χ0v) is 15.1. The predicted molar refractivity (Wildman–Crippen MR) is 91.8 cm³/mol. The largest absolute Gasteiger partial charge is 0.477 e. The SMILES string of the molecule is O=C(c1cc(C2CC2)on1)N1CCC(COc2cccc(C(F)(F)F)n2)CC1. The number of hydrogen-bond donors (Lipinski definition) is 0. The third-order valence-electron chi connectivity index (χ3n) is 5.11. The summed E-state index contributed by atoms with van der Waals surface area (Å²) < 4.78 is 48.8. The maximum absolute atomic E-state index is 12.7. The number of amides is 1. The lowest BCUT2D eigenvalue weighted by atomic mass is 9.97. The van der Waals surface area contributed by atoms with E-state index in [4.69, 9.17) is 9.26 Å². The third-order valence-corrected chi connectivity index (χ3v) is 5.11. The van der Waals surface area contributed by atoms with Crippen molar-refractivity contribution in [3.05, 3.63) is 41.4 Å². The Labute approximate surface area is 159 Å². The van der Waals surface area contributed by atoms with Crippen molar-refractivity contribution in [3.63, 3.8) is 0 Å². The number of aromatic nitrogens is 2. The predicted octanol–water partition coefficient (Wildman–Crippen LogP) is 3.90. The second kappa shape index (κ2) is 7.44. The standard InChI is InChI=1S/C19H20F3N3O3/c20-19(21,22)16-2-1-3-17(23-16)27-11-12-6-8-25(9-7-12)18(26)14-10-15(28-24-14)13-4-5-13/h1-3,10,12-13H,4-9,11H2. The molecular weight excluding hydrogens is 375 g/mol. The molecule has 2 fully saturated rings. The van der Waals surface area contributed by atoms with E-state index in [9.17, 15) is 18.0 Å². The summed E-state index contributed by atoms with van der Waals surface area (Å²) in [5, 5.41) is 3.88. The lowest BCUT2D eigenvalue weighted by molar-refractivity contribution is -0.141. The molecule has 2 aromatic heterocycles. The minimum atomic E-state index is -4.49. The van der Waals surface area contributed by atoms with Crippen LogP contribution in [0.2, 0.25) is 0 Å². The number of carbonyl (C=O) groups excluding carboxylic acids is 1. The van der Waals surface area contributed by atoms with Crippen molar-refractivity contribution in [2.45, 2.75) is 37.8 Å². The van der Waals surface area contributed by atoms with Crippen LogP contribution in [0.4, 0.5) is 13.2 Å². The fraction of sp³-hybridized carbons (Fsp3) is 0.526. The van der Waals surface area contributed by atoms with Crippen LogP contribution in [0, 0.1) is 5.92 Å². The van der Waals surface area contributed by atoms with Gasteiger partial charge < -0.3 is 14.2 Å². The molecule has 0 unspecified atom stereocenters. The lowest BCUT2D eigenvalue weighted by Crippen LogP contribution is -2.39. The summed E-state index contributed by atoms with van der Waals surface area (Å²) in [6.07, 6.45) is -0.925. The van der Waals surface area contributed by atoms with Gasteiger partial charge in [0.15, 0.2) is 5.69 Å². The van der Waals surface area contributed by atoms with Gasteiger partial charge >= 0.3 is 6.18 Å². The van der Waals surface area contributed by atoms with Crippen LogP contribution in [0.5, 0.6) is 5.88 Å². The molecule has 3 heterocycles. The highest BCUT2D eigenvalue weighted by Gasteiger charge is 2.33. The van der Waals surface area contributed by atoms with E-state index >= 15 is 0 Å². The van der Waals surface area contributed by atoms with Crippen molar-refractivity contribution < 1.29 is 27.2 Å². The molecule has 0 aromatic carbocycles. The number of piperidine rings is 1. The van der Waals surface area contributed by atoms with Crippen molar-refractivity contribution in [1.29, 1.82) is 0 Å². The molecule has 9 heteroatoms. The third kappa shape index (κ3) is 4.28. The van der Waals surface area contributed by atoms with Gasteiger partial charge in [0.05, 0.1) is 6.61 Å². The number of likely N-dealkylation sites (tertiary alicyclic amines) is 1. The zero-order valence-electron chi connectivity index (χ0n) is 15.1. The first-order chi connectivity index (χ1) is 13.4. The Balaban J connectivity index is 1.26. The molecule has 0 radical (unpaired) electrons. The zero-order chi connectivity index (χ0) is 19.7. The number of nitrogens with zero attached hydrogens (tertiary/aromatic N) is 3. The van der Waals surface area contributed by atoms with Gasteiger partial charge in [-0.3, -0.25) is 4.79 Å². The van der Waals surface area contributed by atoms with Crippen LogP contribution in [-0.2, 0) is 6.18 Å². The molecule has 1 saturated heterocycles. The van der Waals surface area contributed by atoms with Crippen LogP contribution in [-0.4, -0.2) is 40.6 Å². The summed E-state index contributed by atoms with van der Waals surface area (Å²) in [6.45, 7) is 1.37. The molecule has 6 nitrogen and oxygen atoms in total. The molecule has 0 bridgehead atoms. The van der Waals surface area contributed by atoms with E-state index in [1.54, 1.807) is 11.0 Å². The average Bonchev–Trinajstić information content (AvgIpc) is 3.43. The Hall–Kier alpha value is -2.58. The molecule has 0 N–H and O–H groups in total. The van der Waals surface area contributed by atoms with Crippen LogP contribution in [0.25, 0.3) is 0 Å². The Morgan fingerprint density at radius 1 is 1.21 bits per heavy atom. The molecule has 150 valence electrons. The summed E-state index contributed by atoms with van der Waals surface area (Å²) >= 11 is 0. The summed E-state index contributed by atoms with van der Waals surface area (Å²) in [5.74, 6) is 1.15. The van der Waals surface area contributed by atoms with Gasteiger partial charge in [0, 0.05) is 31.1 Å². The molecule has 1 saturated carbocycles. The Morgan fingerprint density at radius 2 is 1.96 bits per heavy atom. The van der Waals surface area contributed by atoms with Crippen molar-refractivity contribution >= 4 is 5.91 Å². The fourth-order valence-corrected chi connectivity index (χ4v) is 3.27. The smallest absolute Gasteiger partial charge is 0.433 e. The maximum Gasteiger partial charge on any atom is 0.433 e. The molecule has 0 atom stereocenters. The number of carbonyl (C=O) groups is 1. The molecule has 28 heavy (non-hydrogen) atoms. The molecule has 1 amide bonds. The van der Waals surface area contributed by atoms with E-state index in [0.29, 0.717) is 37.5 Å². The van der Waals surface area contributed by atoms with E-state index in [1.807, 2.05) is 0 Å². The van der Waals surface area contributed by atoms with Crippen molar-refractivity contribution in [1.82, 2.24) is 15.0 Å². The van der Waals surface area contributed by atoms with Crippen LogP contribution >= 0.6 is 0 Å². The number of halogens is 3. The normalized spacial score (nSPS) is 18.3. The van der Waals surface area contributed by atoms with Gasteiger partial charge in [-0.1, -0.05) is 11.2 Å². The number of rotatable bonds is 5. The second-order valence-corrected chi connectivity index (χ2v) is 7.29. The summed E-state index contributed by atoms with van der Waals surface area (Å²) in [5.41, 5.74) is -0.631. The van der Waals surface area contributed by atoms with Gasteiger partial charge in [0.1, 0.15) is 11.5 Å². The average molecular weight is 395 g/mol. The van der Waals surface area contributed by atoms with Gasteiger partial charge in [-0.25, -0.2) is 4.98 Å². The monoisotopic (exact) mass is 395 g/mol. The lowest BCUT2D eigenvalue weighted by Gasteiger charge is -2.31. The number of pyridine rings is 1. The Bertz CT molecular complexity index is 840. The topological polar surface area (TPSA) is 68.5 Å². The minimum absolute atomic E-state index is 0.0384. The van der Waals surface area contributed by atoms with Crippen molar-refractivity contribution in [2.75, 3.05) is 19.7 Å². The maximum atomic E-state index is 12.7. The highest BCUT2D eigenvalue weighted by molar-refractivity contribution is 5.92. The van der Waals surface area contributed by atoms with Gasteiger partial charge in [0.25, 0.3) is 5.91 Å². The summed E-state index contributed by atoms with van der Waals surface area (Å²) in [6, 6.07) is 5.33. The molecule has 1 aliphatic heterocycles. The summed E-state index contributed by atoms with van der Waals surface area (Å²) in [7, 11) is 0. The van der Waals surface area contributed by atoms with Crippen LogP contribution < -0.4 is 4.74 Å². The van der Waals surface area contributed by atoms with Crippen LogP contribution in [0.15, 0.2) is 28.8 Å². The molecule has 0 spiro atoms. The first-order valence-electron chi connectivity index (χ1n) is 9.33. The van der Waals surface area contributed by atoms with E-state index in [-0.39, 0.29) is 24.3 Å². The van der Waals surface area contributed by atoms with E-state index < -0.39 is 11.9 Å². The van der Waals surface area contributed by atoms with Gasteiger partial charge in [0.2, 0.25) is 5.88 Å². The first kappa shape index (κ1) is 18.8. The van der Waals surface area contributed by atoms with Gasteiger partial charge in [-0.15, -0.1) is 0 Å². The van der Waals surface area contributed by atoms with Crippen molar-refractivity contribution in [2.24, 2.45) is 5.92 Å². The van der Waals surface area contributed by atoms with Crippen LogP contribution in [0.3, 0.4) is 0 Å². The van der Waals surface area contributed by atoms with E-state index in [1.165, 1.54) is 12.1 Å². The Morgan fingerprint density at radius 3 is 2.64 bits per heavy atom. The molecular formula is C19H20F3N3O3. The first-order valence-corrected chi connectivity index (χ1v) is 9.33.